The second-order valence-corrected chi connectivity index (χ2v) is 7.96. The fourth-order valence-electron chi connectivity index (χ4n) is 2.60. The van der Waals surface area contributed by atoms with Gasteiger partial charge in [0.1, 0.15) is 0 Å². The molecule has 0 aliphatic heterocycles. The van der Waals surface area contributed by atoms with E-state index in [4.69, 9.17) is 5.73 Å². The minimum absolute atomic E-state index is 0.126. The van der Waals surface area contributed by atoms with Crippen LogP contribution in [-0.2, 0) is 16.6 Å². The quantitative estimate of drug-likeness (QED) is 0.875. The summed E-state index contributed by atoms with van der Waals surface area (Å²) >= 11 is 0. The van der Waals surface area contributed by atoms with Crippen molar-refractivity contribution in [2.45, 2.75) is 51.5 Å². The van der Waals surface area contributed by atoms with E-state index < -0.39 is 10.0 Å². The summed E-state index contributed by atoms with van der Waals surface area (Å²) in [4.78, 5) is 0.362. The van der Waals surface area contributed by atoms with Crippen LogP contribution < -0.4 is 10.5 Å². The maximum Gasteiger partial charge on any atom is 0.240 e. The van der Waals surface area contributed by atoms with Crippen molar-refractivity contribution in [3.05, 3.63) is 28.8 Å². The summed E-state index contributed by atoms with van der Waals surface area (Å²) in [5, 5.41) is 0. The van der Waals surface area contributed by atoms with Crippen LogP contribution >= 0.6 is 0 Å². The van der Waals surface area contributed by atoms with Crippen LogP contribution in [0.2, 0.25) is 0 Å². The Hall–Kier alpha value is -0.910. The lowest BCUT2D eigenvalue weighted by atomic mass is 9.71. The fraction of sp³-hybridized carbons (Fsp3) is 0.600. The van der Waals surface area contributed by atoms with Gasteiger partial charge in [0.2, 0.25) is 10.0 Å². The second kappa shape index (κ2) is 5.47. The van der Waals surface area contributed by atoms with Gasteiger partial charge in [-0.25, -0.2) is 13.1 Å². The molecule has 3 N–H and O–H groups in total. The minimum atomic E-state index is -3.46. The Bertz CT molecular complexity index is 605. The van der Waals surface area contributed by atoms with Gasteiger partial charge in [0, 0.05) is 13.1 Å². The van der Waals surface area contributed by atoms with E-state index in [-0.39, 0.29) is 5.41 Å². The topological polar surface area (TPSA) is 72.2 Å². The third-order valence-corrected chi connectivity index (χ3v) is 5.98. The molecule has 2 rings (SSSR count). The summed E-state index contributed by atoms with van der Waals surface area (Å²) in [5.41, 5.74) is 8.38. The number of benzene rings is 1. The number of hydrogen-bond donors (Lipinski definition) is 2. The molecule has 1 saturated carbocycles. The Labute approximate surface area is 121 Å². The molecule has 0 aromatic heterocycles. The van der Waals surface area contributed by atoms with Crippen molar-refractivity contribution in [1.82, 2.24) is 4.72 Å². The van der Waals surface area contributed by atoms with Crippen molar-refractivity contribution in [2.24, 2.45) is 11.1 Å². The number of nitrogens with one attached hydrogen (secondary N) is 1. The molecule has 1 aromatic rings. The van der Waals surface area contributed by atoms with Gasteiger partial charge in [0.25, 0.3) is 0 Å². The zero-order valence-corrected chi connectivity index (χ0v) is 13.3. The van der Waals surface area contributed by atoms with Crippen molar-refractivity contribution in [2.75, 3.05) is 6.54 Å². The van der Waals surface area contributed by atoms with Crippen LogP contribution in [0.1, 0.15) is 42.9 Å². The molecule has 0 bridgehead atoms. The molecule has 0 atom stereocenters. The lowest BCUT2D eigenvalue weighted by molar-refractivity contribution is 0.166. The van der Waals surface area contributed by atoms with Gasteiger partial charge in [-0.05, 0) is 54.9 Å². The van der Waals surface area contributed by atoms with Crippen molar-refractivity contribution in [3.8, 4) is 0 Å². The zero-order chi connectivity index (χ0) is 15.0. The van der Waals surface area contributed by atoms with Crippen molar-refractivity contribution >= 4 is 10.0 Å². The SMILES string of the molecule is Cc1cc(CN)cc(S(=O)(=O)NCC2(C)CCC2)c1C. The molecule has 0 saturated heterocycles. The first-order chi connectivity index (χ1) is 9.27. The first-order valence-corrected chi connectivity index (χ1v) is 8.56. The Morgan fingerprint density at radius 3 is 2.45 bits per heavy atom. The van der Waals surface area contributed by atoms with Gasteiger partial charge in [-0.3, -0.25) is 0 Å². The molecule has 0 spiro atoms. The summed E-state index contributed by atoms with van der Waals surface area (Å²) in [6, 6.07) is 3.63. The summed E-state index contributed by atoms with van der Waals surface area (Å²) < 4.78 is 27.8. The molecular weight excluding hydrogens is 272 g/mol. The molecule has 0 unspecified atom stereocenters. The lowest BCUT2D eigenvalue weighted by Crippen LogP contribution is -2.40. The van der Waals surface area contributed by atoms with Crippen LogP contribution in [-0.4, -0.2) is 15.0 Å². The third-order valence-electron chi connectivity index (χ3n) is 4.45. The van der Waals surface area contributed by atoms with E-state index in [2.05, 4.69) is 11.6 Å². The van der Waals surface area contributed by atoms with Crippen molar-refractivity contribution < 1.29 is 8.42 Å². The smallest absolute Gasteiger partial charge is 0.240 e. The van der Waals surface area contributed by atoms with E-state index in [9.17, 15) is 8.42 Å². The average Bonchev–Trinajstić information content (AvgIpc) is 2.37. The summed E-state index contributed by atoms with van der Waals surface area (Å²) in [6.07, 6.45) is 3.38. The Balaban J connectivity index is 2.26. The van der Waals surface area contributed by atoms with E-state index in [1.807, 2.05) is 19.9 Å². The molecule has 1 fully saturated rings. The first kappa shape index (κ1) is 15.5. The van der Waals surface area contributed by atoms with Gasteiger partial charge in [-0.2, -0.15) is 0 Å². The van der Waals surface area contributed by atoms with Crippen molar-refractivity contribution in [1.29, 1.82) is 0 Å². The standard InChI is InChI=1S/C15H24N2O2S/c1-11-7-13(9-16)8-14(12(11)2)20(18,19)17-10-15(3)5-4-6-15/h7-8,17H,4-6,9-10,16H2,1-3H3. The minimum Gasteiger partial charge on any atom is -0.326 e. The third kappa shape index (κ3) is 3.05. The molecule has 1 aliphatic carbocycles. The number of rotatable bonds is 5. The molecule has 5 heteroatoms. The van der Waals surface area contributed by atoms with E-state index in [0.717, 1.165) is 29.5 Å². The largest absolute Gasteiger partial charge is 0.326 e. The number of hydrogen-bond acceptors (Lipinski definition) is 3. The van der Waals surface area contributed by atoms with Crippen LogP contribution in [0.3, 0.4) is 0 Å². The summed E-state index contributed by atoms with van der Waals surface area (Å²) in [7, 11) is -3.46. The number of aryl methyl sites for hydroxylation is 1. The Morgan fingerprint density at radius 1 is 1.30 bits per heavy atom. The van der Waals surface area contributed by atoms with Gasteiger partial charge >= 0.3 is 0 Å². The molecule has 1 aromatic carbocycles. The highest BCUT2D eigenvalue weighted by atomic mass is 32.2. The van der Waals surface area contributed by atoms with Crippen LogP contribution in [0.15, 0.2) is 17.0 Å². The van der Waals surface area contributed by atoms with E-state index in [1.165, 1.54) is 6.42 Å². The normalized spacial score (nSPS) is 17.8. The van der Waals surface area contributed by atoms with E-state index >= 15 is 0 Å². The average molecular weight is 296 g/mol. The molecule has 1 aliphatic rings. The van der Waals surface area contributed by atoms with Crippen LogP contribution in [0.5, 0.6) is 0 Å². The summed E-state index contributed by atoms with van der Waals surface area (Å²) in [6.45, 7) is 6.76. The summed E-state index contributed by atoms with van der Waals surface area (Å²) in [5.74, 6) is 0. The van der Waals surface area contributed by atoms with Gasteiger partial charge in [0.05, 0.1) is 4.90 Å². The van der Waals surface area contributed by atoms with Crippen LogP contribution in [0.25, 0.3) is 0 Å². The van der Waals surface area contributed by atoms with Crippen LogP contribution in [0, 0.1) is 19.3 Å². The van der Waals surface area contributed by atoms with Crippen LogP contribution in [0.4, 0.5) is 0 Å². The number of sulfonamides is 1. The maximum absolute atomic E-state index is 12.5. The predicted octanol–water partition coefficient (Wildman–Crippen LogP) is 2.23. The fourth-order valence-corrected chi connectivity index (χ4v) is 4.16. The highest BCUT2D eigenvalue weighted by Crippen LogP contribution is 2.39. The molecule has 4 nitrogen and oxygen atoms in total. The maximum atomic E-state index is 12.5. The molecule has 112 valence electrons. The molecule has 0 radical (unpaired) electrons. The second-order valence-electron chi connectivity index (χ2n) is 6.23. The molecule has 0 amide bonds. The Morgan fingerprint density at radius 2 is 1.95 bits per heavy atom. The number of nitrogens with two attached hydrogens (primary N) is 1. The highest BCUT2D eigenvalue weighted by molar-refractivity contribution is 7.89. The first-order valence-electron chi connectivity index (χ1n) is 7.07. The monoisotopic (exact) mass is 296 g/mol. The van der Waals surface area contributed by atoms with Crippen molar-refractivity contribution in [3.63, 3.8) is 0 Å². The molecular formula is C15H24N2O2S. The highest BCUT2D eigenvalue weighted by Gasteiger charge is 2.33. The zero-order valence-electron chi connectivity index (χ0n) is 12.5. The lowest BCUT2D eigenvalue weighted by Gasteiger charge is -2.38. The van der Waals surface area contributed by atoms with Gasteiger partial charge in [-0.1, -0.05) is 19.4 Å². The van der Waals surface area contributed by atoms with E-state index in [1.54, 1.807) is 6.07 Å². The van der Waals surface area contributed by atoms with Gasteiger partial charge < -0.3 is 5.73 Å². The van der Waals surface area contributed by atoms with Gasteiger partial charge in [0.15, 0.2) is 0 Å². The Kier molecular flexibility index (Phi) is 4.23. The van der Waals surface area contributed by atoms with Gasteiger partial charge in [-0.15, -0.1) is 0 Å². The van der Waals surface area contributed by atoms with E-state index in [0.29, 0.717) is 18.0 Å². The molecule has 0 heterocycles. The molecule has 20 heavy (non-hydrogen) atoms. The predicted molar refractivity (Wildman–Crippen MR) is 81.0 cm³/mol.